The van der Waals surface area contributed by atoms with Crippen LogP contribution in [-0.4, -0.2) is 24.6 Å². The molecule has 0 amide bonds. The highest BCUT2D eigenvalue weighted by Gasteiger charge is 1.99. The summed E-state index contributed by atoms with van der Waals surface area (Å²) in [5, 5.41) is 3.43. The van der Waals surface area contributed by atoms with E-state index in [1.54, 1.807) is 0 Å². The smallest absolute Gasteiger partial charge is 0.00153 e. The van der Waals surface area contributed by atoms with Gasteiger partial charge in [0.05, 0.1) is 0 Å². The molecule has 0 spiro atoms. The lowest BCUT2D eigenvalue weighted by Gasteiger charge is -2.10. The lowest BCUT2D eigenvalue weighted by atomic mass is 10.2. The second kappa shape index (κ2) is 8.41. The zero-order valence-electron chi connectivity index (χ0n) is 8.02. The fourth-order valence-corrected chi connectivity index (χ4v) is 1.66. The van der Waals surface area contributed by atoms with Gasteiger partial charge in [-0.3, -0.25) is 0 Å². The third-order valence-corrected chi connectivity index (χ3v) is 2.74. The Morgan fingerprint density at radius 1 is 1.36 bits per heavy atom. The van der Waals surface area contributed by atoms with Gasteiger partial charge in [-0.1, -0.05) is 20.8 Å². The maximum atomic E-state index is 3.43. The fraction of sp³-hybridized carbons (Fsp3) is 1.00. The van der Waals surface area contributed by atoms with Crippen LogP contribution < -0.4 is 5.32 Å². The summed E-state index contributed by atoms with van der Waals surface area (Å²) >= 11 is 2.03. The standard InChI is InChI=1S/C9H21NS/c1-4-6-10-7-9(3)8-11-5-2/h9-10H,4-8H2,1-3H3. The molecule has 0 aliphatic carbocycles. The van der Waals surface area contributed by atoms with Crippen molar-refractivity contribution in [3.05, 3.63) is 0 Å². The van der Waals surface area contributed by atoms with Crippen LogP contribution in [0.15, 0.2) is 0 Å². The molecule has 0 saturated heterocycles. The third kappa shape index (κ3) is 8.21. The van der Waals surface area contributed by atoms with Gasteiger partial charge in [0.15, 0.2) is 0 Å². The van der Waals surface area contributed by atoms with E-state index in [2.05, 4.69) is 26.1 Å². The lowest BCUT2D eigenvalue weighted by molar-refractivity contribution is 0.557. The zero-order chi connectivity index (χ0) is 8.53. The van der Waals surface area contributed by atoms with E-state index >= 15 is 0 Å². The normalized spacial score (nSPS) is 13.4. The number of nitrogens with one attached hydrogen (secondary N) is 1. The van der Waals surface area contributed by atoms with Crippen molar-refractivity contribution in [3.63, 3.8) is 0 Å². The maximum absolute atomic E-state index is 3.43. The molecule has 11 heavy (non-hydrogen) atoms. The van der Waals surface area contributed by atoms with Crippen molar-refractivity contribution in [3.8, 4) is 0 Å². The first-order valence-corrected chi connectivity index (χ1v) is 5.75. The monoisotopic (exact) mass is 175 g/mol. The molecule has 0 fully saturated rings. The molecule has 1 atom stereocenters. The van der Waals surface area contributed by atoms with Crippen LogP contribution >= 0.6 is 11.8 Å². The molecule has 0 aliphatic heterocycles. The van der Waals surface area contributed by atoms with E-state index in [1.807, 2.05) is 11.8 Å². The first kappa shape index (κ1) is 11.3. The van der Waals surface area contributed by atoms with Gasteiger partial charge >= 0.3 is 0 Å². The van der Waals surface area contributed by atoms with Crippen LogP contribution in [0.25, 0.3) is 0 Å². The average molecular weight is 175 g/mol. The Labute approximate surface area is 75.3 Å². The van der Waals surface area contributed by atoms with Gasteiger partial charge in [-0.2, -0.15) is 11.8 Å². The van der Waals surface area contributed by atoms with Crippen molar-refractivity contribution in [2.24, 2.45) is 5.92 Å². The molecule has 0 aliphatic rings. The fourth-order valence-electron chi connectivity index (χ4n) is 0.903. The SMILES string of the molecule is CCCNCC(C)CSCC. The molecule has 0 aromatic rings. The minimum atomic E-state index is 0.825. The summed E-state index contributed by atoms with van der Waals surface area (Å²) in [6.07, 6.45) is 1.24. The number of thioether (sulfide) groups is 1. The Bertz CT molecular complexity index is 76.0. The van der Waals surface area contributed by atoms with Gasteiger partial charge in [0.2, 0.25) is 0 Å². The van der Waals surface area contributed by atoms with Crippen molar-refractivity contribution in [2.45, 2.75) is 27.2 Å². The average Bonchev–Trinajstić information content (AvgIpc) is 2.01. The summed E-state index contributed by atoms with van der Waals surface area (Å²) in [4.78, 5) is 0. The number of hydrogen-bond acceptors (Lipinski definition) is 2. The summed E-state index contributed by atoms with van der Waals surface area (Å²) < 4.78 is 0. The molecular formula is C9H21NS. The van der Waals surface area contributed by atoms with Crippen LogP contribution in [0, 0.1) is 5.92 Å². The van der Waals surface area contributed by atoms with Gasteiger partial charge in [-0.05, 0) is 36.9 Å². The second-order valence-electron chi connectivity index (χ2n) is 2.97. The Morgan fingerprint density at radius 2 is 2.09 bits per heavy atom. The van der Waals surface area contributed by atoms with Crippen LogP contribution in [0.3, 0.4) is 0 Å². The molecule has 68 valence electrons. The van der Waals surface area contributed by atoms with E-state index in [4.69, 9.17) is 0 Å². The Hall–Kier alpha value is 0.310. The lowest BCUT2D eigenvalue weighted by Crippen LogP contribution is -2.23. The van der Waals surface area contributed by atoms with E-state index in [0.717, 1.165) is 5.92 Å². The van der Waals surface area contributed by atoms with Crippen molar-refractivity contribution >= 4 is 11.8 Å². The third-order valence-electron chi connectivity index (χ3n) is 1.53. The maximum Gasteiger partial charge on any atom is -0.00153 e. The highest BCUT2D eigenvalue weighted by molar-refractivity contribution is 7.99. The van der Waals surface area contributed by atoms with Gasteiger partial charge < -0.3 is 5.32 Å². The summed E-state index contributed by atoms with van der Waals surface area (Å²) in [5.74, 6) is 3.37. The van der Waals surface area contributed by atoms with Crippen LogP contribution in [0.1, 0.15) is 27.2 Å². The molecule has 0 radical (unpaired) electrons. The minimum Gasteiger partial charge on any atom is -0.316 e. The Balaban J connectivity index is 3.02. The molecule has 0 saturated carbocycles. The zero-order valence-corrected chi connectivity index (χ0v) is 8.84. The van der Waals surface area contributed by atoms with E-state index in [0.29, 0.717) is 0 Å². The van der Waals surface area contributed by atoms with E-state index in [-0.39, 0.29) is 0 Å². The van der Waals surface area contributed by atoms with Crippen LogP contribution in [0.5, 0.6) is 0 Å². The predicted molar refractivity (Wildman–Crippen MR) is 55.3 cm³/mol. The Kier molecular flexibility index (Phi) is 8.64. The highest BCUT2D eigenvalue weighted by atomic mass is 32.2. The molecule has 1 unspecified atom stereocenters. The largest absolute Gasteiger partial charge is 0.316 e. The first-order chi connectivity index (χ1) is 5.31. The topological polar surface area (TPSA) is 12.0 Å². The van der Waals surface area contributed by atoms with E-state index in [9.17, 15) is 0 Å². The summed E-state index contributed by atoms with van der Waals surface area (Å²) in [6.45, 7) is 9.09. The molecular weight excluding hydrogens is 154 g/mol. The summed E-state index contributed by atoms with van der Waals surface area (Å²) in [5.41, 5.74) is 0. The summed E-state index contributed by atoms with van der Waals surface area (Å²) in [7, 11) is 0. The van der Waals surface area contributed by atoms with Gasteiger partial charge in [-0.25, -0.2) is 0 Å². The van der Waals surface area contributed by atoms with Gasteiger partial charge in [0.25, 0.3) is 0 Å². The summed E-state index contributed by atoms with van der Waals surface area (Å²) in [6, 6.07) is 0. The van der Waals surface area contributed by atoms with E-state index in [1.165, 1.54) is 31.0 Å². The minimum absolute atomic E-state index is 0.825. The molecule has 0 aromatic heterocycles. The van der Waals surface area contributed by atoms with Crippen molar-refractivity contribution in [1.82, 2.24) is 5.32 Å². The van der Waals surface area contributed by atoms with E-state index < -0.39 is 0 Å². The molecule has 0 aromatic carbocycles. The Morgan fingerprint density at radius 3 is 2.64 bits per heavy atom. The van der Waals surface area contributed by atoms with Gasteiger partial charge in [0, 0.05) is 0 Å². The molecule has 0 heterocycles. The van der Waals surface area contributed by atoms with Crippen molar-refractivity contribution in [2.75, 3.05) is 24.6 Å². The van der Waals surface area contributed by atoms with Gasteiger partial charge in [0.1, 0.15) is 0 Å². The molecule has 1 nitrogen and oxygen atoms in total. The highest BCUT2D eigenvalue weighted by Crippen LogP contribution is 2.05. The number of hydrogen-bond donors (Lipinski definition) is 1. The predicted octanol–water partition coefficient (Wildman–Crippen LogP) is 2.38. The van der Waals surface area contributed by atoms with Crippen molar-refractivity contribution < 1.29 is 0 Å². The van der Waals surface area contributed by atoms with Crippen LogP contribution in [-0.2, 0) is 0 Å². The van der Waals surface area contributed by atoms with Gasteiger partial charge in [-0.15, -0.1) is 0 Å². The number of rotatable bonds is 7. The van der Waals surface area contributed by atoms with Crippen LogP contribution in [0.2, 0.25) is 0 Å². The molecule has 0 bridgehead atoms. The first-order valence-electron chi connectivity index (χ1n) is 4.59. The van der Waals surface area contributed by atoms with Crippen LogP contribution in [0.4, 0.5) is 0 Å². The molecule has 1 N–H and O–H groups in total. The molecule has 2 heteroatoms. The quantitative estimate of drug-likeness (QED) is 0.596. The second-order valence-corrected chi connectivity index (χ2v) is 4.29. The molecule has 0 rings (SSSR count). The van der Waals surface area contributed by atoms with Crippen molar-refractivity contribution in [1.29, 1.82) is 0 Å².